The van der Waals surface area contributed by atoms with Gasteiger partial charge < -0.3 is 11.1 Å². The smallest absolute Gasteiger partial charge is 0.228 e. The molecular formula is C10H20N2O. The summed E-state index contributed by atoms with van der Waals surface area (Å²) in [6.07, 6.45) is 4.04. The second-order valence-electron chi connectivity index (χ2n) is 3.80. The lowest BCUT2D eigenvalue weighted by atomic mass is 9.68. The molecular weight excluding hydrogens is 164 g/mol. The van der Waals surface area contributed by atoms with E-state index in [1.54, 1.807) is 0 Å². The molecule has 1 saturated carbocycles. The Morgan fingerprint density at radius 2 is 1.92 bits per heavy atom. The molecule has 3 heteroatoms. The van der Waals surface area contributed by atoms with Crippen LogP contribution in [0.3, 0.4) is 0 Å². The Labute approximate surface area is 80.1 Å². The summed E-state index contributed by atoms with van der Waals surface area (Å²) in [5.41, 5.74) is 5.76. The molecule has 1 spiro atoms. The Morgan fingerprint density at radius 1 is 1.38 bits per heavy atom. The van der Waals surface area contributed by atoms with Gasteiger partial charge in [0.1, 0.15) is 0 Å². The molecule has 0 aromatic carbocycles. The van der Waals surface area contributed by atoms with E-state index < -0.39 is 0 Å². The van der Waals surface area contributed by atoms with Gasteiger partial charge in [0, 0.05) is 12.6 Å². The minimum Gasteiger partial charge on any atom is -0.354 e. The summed E-state index contributed by atoms with van der Waals surface area (Å²) in [5, 5.41) is 2.80. The van der Waals surface area contributed by atoms with Crippen molar-refractivity contribution in [2.75, 3.05) is 6.54 Å². The van der Waals surface area contributed by atoms with Crippen molar-refractivity contribution in [3.8, 4) is 0 Å². The largest absolute Gasteiger partial charge is 0.354 e. The second-order valence-corrected chi connectivity index (χ2v) is 3.80. The molecule has 1 heterocycles. The van der Waals surface area contributed by atoms with Crippen LogP contribution < -0.4 is 11.1 Å². The van der Waals surface area contributed by atoms with Gasteiger partial charge in [-0.05, 0) is 25.7 Å². The van der Waals surface area contributed by atoms with Crippen molar-refractivity contribution in [2.24, 2.45) is 11.1 Å². The Balaban J connectivity index is 0.000000396. The van der Waals surface area contributed by atoms with E-state index in [0.29, 0.717) is 6.04 Å². The molecule has 0 radical (unpaired) electrons. The van der Waals surface area contributed by atoms with Gasteiger partial charge in [-0.15, -0.1) is 0 Å². The molecule has 2 aliphatic rings. The van der Waals surface area contributed by atoms with E-state index in [-0.39, 0.29) is 11.3 Å². The van der Waals surface area contributed by atoms with Crippen molar-refractivity contribution in [2.45, 2.75) is 45.6 Å². The molecule has 1 amide bonds. The predicted octanol–water partition coefficient (Wildman–Crippen LogP) is 1.03. The minimum atomic E-state index is 0.00979. The number of nitrogens with two attached hydrogens (primary N) is 1. The Kier molecular flexibility index (Phi) is 3.31. The lowest BCUT2D eigenvalue weighted by Crippen LogP contribution is -2.60. The molecule has 2 fully saturated rings. The number of hydrogen-bond acceptors (Lipinski definition) is 2. The zero-order valence-corrected chi connectivity index (χ0v) is 8.60. The third-order valence-corrected chi connectivity index (χ3v) is 3.06. The number of hydrogen-bond donors (Lipinski definition) is 2. The van der Waals surface area contributed by atoms with E-state index in [0.717, 1.165) is 32.2 Å². The topological polar surface area (TPSA) is 55.1 Å². The van der Waals surface area contributed by atoms with Crippen molar-refractivity contribution in [1.82, 2.24) is 5.32 Å². The first-order valence-electron chi connectivity index (χ1n) is 5.27. The predicted molar refractivity (Wildman–Crippen MR) is 53.2 cm³/mol. The monoisotopic (exact) mass is 184 g/mol. The van der Waals surface area contributed by atoms with Crippen LogP contribution in [0.2, 0.25) is 0 Å². The van der Waals surface area contributed by atoms with Gasteiger partial charge in [-0.1, -0.05) is 13.8 Å². The first kappa shape index (κ1) is 10.5. The summed E-state index contributed by atoms with van der Waals surface area (Å²) in [7, 11) is 0. The number of nitrogens with one attached hydrogen (secondary N) is 1. The van der Waals surface area contributed by atoms with Crippen molar-refractivity contribution < 1.29 is 4.79 Å². The molecule has 0 bridgehead atoms. The number of rotatable bonds is 0. The van der Waals surface area contributed by atoms with Crippen molar-refractivity contribution in [3.05, 3.63) is 0 Å². The van der Waals surface area contributed by atoms with Crippen LogP contribution in [0, 0.1) is 5.41 Å². The second kappa shape index (κ2) is 4.09. The first-order valence-corrected chi connectivity index (χ1v) is 5.27. The molecule has 1 aliphatic carbocycles. The van der Waals surface area contributed by atoms with Gasteiger partial charge in [-0.2, -0.15) is 0 Å². The normalized spacial score (nSPS) is 37.2. The van der Waals surface area contributed by atoms with E-state index in [1.807, 2.05) is 13.8 Å². The van der Waals surface area contributed by atoms with Crippen LogP contribution in [0.25, 0.3) is 0 Å². The van der Waals surface area contributed by atoms with Crippen LogP contribution in [-0.2, 0) is 4.79 Å². The fourth-order valence-electron chi connectivity index (χ4n) is 2.01. The van der Waals surface area contributed by atoms with Crippen molar-refractivity contribution in [3.63, 3.8) is 0 Å². The average molecular weight is 184 g/mol. The molecule has 2 rings (SSSR count). The van der Waals surface area contributed by atoms with Gasteiger partial charge in [0.05, 0.1) is 5.41 Å². The summed E-state index contributed by atoms with van der Waals surface area (Å²) >= 11 is 0. The molecule has 13 heavy (non-hydrogen) atoms. The van der Waals surface area contributed by atoms with Gasteiger partial charge in [-0.25, -0.2) is 0 Å². The van der Waals surface area contributed by atoms with Crippen LogP contribution >= 0.6 is 0 Å². The maximum absolute atomic E-state index is 11.2. The average Bonchev–Trinajstić information content (AvgIpc) is 2.20. The first-order chi connectivity index (χ1) is 6.23. The highest BCUT2D eigenvalue weighted by molar-refractivity contribution is 5.88. The molecule has 0 unspecified atom stereocenters. The Morgan fingerprint density at radius 3 is 2.23 bits per heavy atom. The molecule has 1 aliphatic heterocycles. The zero-order chi connectivity index (χ0) is 9.90. The van der Waals surface area contributed by atoms with E-state index in [9.17, 15) is 4.79 Å². The van der Waals surface area contributed by atoms with Crippen molar-refractivity contribution >= 4 is 5.91 Å². The Hall–Kier alpha value is -0.570. The molecule has 0 atom stereocenters. The van der Waals surface area contributed by atoms with Crippen LogP contribution in [0.15, 0.2) is 0 Å². The Bertz CT molecular complexity index is 183. The van der Waals surface area contributed by atoms with Gasteiger partial charge >= 0.3 is 0 Å². The van der Waals surface area contributed by atoms with Gasteiger partial charge in [0.2, 0.25) is 5.91 Å². The fraction of sp³-hybridized carbons (Fsp3) is 0.900. The van der Waals surface area contributed by atoms with E-state index in [1.165, 1.54) is 0 Å². The number of amides is 1. The van der Waals surface area contributed by atoms with E-state index in [4.69, 9.17) is 5.73 Å². The lowest BCUT2D eigenvalue weighted by Gasteiger charge is -2.44. The highest BCUT2D eigenvalue weighted by atomic mass is 16.2. The van der Waals surface area contributed by atoms with E-state index in [2.05, 4.69) is 5.32 Å². The quantitative estimate of drug-likeness (QED) is 0.552. The molecule has 3 N–H and O–H groups in total. The van der Waals surface area contributed by atoms with Crippen LogP contribution in [0.5, 0.6) is 0 Å². The molecule has 1 saturated heterocycles. The van der Waals surface area contributed by atoms with E-state index >= 15 is 0 Å². The summed E-state index contributed by atoms with van der Waals surface area (Å²) in [4.78, 5) is 11.2. The maximum atomic E-state index is 11.2. The lowest BCUT2D eigenvalue weighted by molar-refractivity contribution is -0.142. The summed E-state index contributed by atoms with van der Waals surface area (Å²) in [6.45, 7) is 4.89. The SMILES string of the molecule is CC.NC1CCC2(CC1)CNC2=O. The van der Waals surface area contributed by atoms with Crippen molar-refractivity contribution in [1.29, 1.82) is 0 Å². The molecule has 3 nitrogen and oxygen atoms in total. The highest BCUT2D eigenvalue weighted by Crippen LogP contribution is 2.39. The number of β-lactam (4-membered cyclic amide) rings is 1. The standard InChI is InChI=1S/C8H14N2O.C2H6/c9-6-1-3-8(4-2-6)5-10-7(8)11;1-2/h6H,1-5,9H2,(H,10,11);1-2H3. The van der Waals surface area contributed by atoms with Gasteiger partial charge in [0.25, 0.3) is 0 Å². The van der Waals surface area contributed by atoms with Crippen LogP contribution in [-0.4, -0.2) is 18.5 Å². The summed E-state index contributed by atoms with van der Waals surface area (Å²) < 4.78 is 0. The van der Waals surface area contributed by atoms with Crippen LogP contribution in [0.4, 0.5) is 0 Å². The fourth-order valence-corrected chi connectivity index (χ4v) is 2.01. The number of carbonyl (C=O) groups excluding carboxylic acids is 1. The molecule has 0 aromatic heterocycles. The minimum absolute atomic E-state index is 0.00979. The zero-order valence-electron chi connectivity index (χ0n) is 8.60. The summed E-state index contributed by atoms with van der Waals surface area (Å²) in [6, 6.07) is 0.342. The summed E-state index contributed by atoms with van der Waals surface area (Å²) in [5.74, 6) is 0.254. The van der Waals surface area contributed by atoms with Gasteiger partial charge in [-0.3, -0.25) is 4.79 Å². The third-order valence-electron chi connectivity index (χ3n) is 3.06. The third kappa shape index (κ3) is 1.85. The maximum Gasteiger partial charge on any atom is 0.228 e. The van der Waals surface area contributed by atoms with Crippen LogP contribution in [0.1, 0.15) is 39.5 Å². The molecule has 0 aromatic rings. The van der Waals surface area contributed by atoms with Gasteiger partial charge in [0.15, 0.2) is 0 Å². The number of carbonyl (C=O) groups is 1. The highest BCUT2D eigenvalue weighted by Gasteiger charge is 2.47. The molecule has 76 valence electrons.